The summed E-state index contributed by atoms with van der Waals surface area (Å²) in [5, 5.41) is 4.69. The van der Waals surface area contributed by atoms with E-state index in [-0.39, 0.29) is 31.3 Å². The molecule has 0 radical (unpaired) electrons. The van der Waals surface area contributed by atoms with Gasteiger partial charge >= 0.3 is 5.97 Å². The predicted octanol–water partition coefficient (Wildman–Crippen LogP) is 1.96. The SMILES string of the molecule is CCN(CC(=O)NCc1cccs1)C(=O)COC(=O)CCN1C(=O)C(C)Oc2ccccc21. The predicted molar refractivity (Wildman–Crippen MR) is 123 cm³/mol. The molecule has 0 spiro atoms. The second-order valence-corrected chi connectivity index (χ2v) is 8.42. The third-order valence-electron chi connectivity index (χ3n) is 5.08. The van der Waals surface area contributed by atoms with Crippen molar-refractivity contribution in [3.63, 3.8) is 0 Å². The van der Waals surface area contributed by atoms with E-state index in [1.54, 1.807) is 38.1 Å². The van der Waals surface area contributed by atoms with Gasteiger partial charge in [0.1, 0.15) is 5.75 Å². The van der Waals surface area contributed by atoms with Crippen molar-refractivity contribution in [3.05, 3.63) is 46.7 Å². The van der Waals surface area contributed by atoms with Crippen LogP contribution in [-0.2, 0) is 30.5 Å². The van der Waals surface area contributed by atoms with Crippen LogP contribution >= 0.6 is 11.3 Å². The quantitative estimate of drug-likeness (QED) is 0.529. The van der Waals surface area contributed by atoms with Crippen LogP contribution in [0.25, 0.3) is 0 Å². The zero-order chi connectivity index (χ0) is 23.8. The molecule has 0 saturated carbocycles. The first-order chi connectivity index (χ1) is 15.9. The number of anilines is 1. The summed E-state index contributed by atoms with van der Waals surface area (Å²) in [5.41, 5.74) is 0.593. The molecule has 0 aliphatic carbocycles. The molecule has 0 fully saturated rings. The number of carbonyl (C=O) groups is 4. The number of likely N-dealkylation sites (N-methyl/N-ethyl adjacent to an activating group) is 1. The number of nitrogens with one attached hydrogen (secondary N) is 1. The van der Waals surface area contributed by atoms with Crippen molar-refractivity contribution in [2.75, 3.05) is 31.1 Å². The van der Waals surface area contributed by atoms with Gasteiger partial charge in [0, 0.05) is 18.0 Å². The summed E-state index contributed by atoms with van der Waals surface area (Å²) in [6.45, 7) is 3.63. The highest BCUT2D eigenvalue weighted by Gasteiger charge is 2.31. The molecule has 1 aliphatic heterocycles. The Morgan fingerprint density at radius 3 is 2.73 bits per heavy atom. The van der Waals surface area contributed by atoms with E-state index < -0.39 is 24.6 Å². The Labute approximate surface area is 196 Å². The molecule has 2 heterocycles. The van der Waals surface area contributed by atoms with E-state index in [1.807, 2.05) is 17.5 Å². The minimum Gasteiger partial charge on any atom is -0.479 e. The van der Waals surface area contributed by atoms with E-state index in [9.17, 15) is 19.2 Å². The minimum absolute atomic E-state index is 0.0759. The molecule has 9 nitrogen and oxygen atoms in total. The highest BCUT2D eigenvalue weighted by atomic mass is 32.1. The Balaban J connectivity index is 1.44. The minimum atomic E-state index is -0.651. The molecule has 3 rings (SSSR count). The fraction of sp³-hybridized carbons (Fsp3) is 0.391. The number of fused-ring (bicyclic) bond motifs is 1. The number of thiophene rings is 1. The number of nitrogens with zero attached hydrogens (tertiary/aromatic N) is 2. The molecular weight excluding hydrogens is 446 g/mol. The van der Waals surface area contributed by atoms with E-state index in [0.717, 1.165) is 4.88 Å². The first-order valence-corrected chi connectivity index (χ1v) is 11.6. The van der Waals surface area contributed by atoms with E-state index in [4.69, 9.17) is 9.47 Å². The molecule has 176 valence electrons. The number of hydrogen-bond acceptors (Lipinski definition) is 7. The Kier molecular flexibility index (Phi) is 8.42. The van der Waals surface area contributed by atoms with Crippen molar-refractivity contribution in [1.29, 1.82) is 0 Å². The molecule has 3 amide bonds. The number of para-hydroxylation sites is 2. The maximum Gasteiger partial charge on any atom is 0.308 e. The van der Waals surface area contributed by atoms with Crippen LogP contribution < -0.4 is 15.0 Å². The first-order valence-electron chi connectivity index (χ1n) is 10.7. The summed E-state index contributed by atoms with van der Waals surface area (Å²) >= 11 is 1.53. The van der Waals surface area contributed by atoms with E-state index >= 15 is 0 Å². The van der Waals surface area contributed by atoms with Crippen LogP contribution in [0.15, 0.2) is 41.8 Å². The van der Waals surface area contributed by atoms with Crippen LogP contribution in [0.1, 0.15) is 25.1 Å². The van der Waals surface area contributed by atoms with Gasteiger partial charge in [-0.25, -0.2) is 0 Å². The molecule has 1 aromatic heterocycles. The fourth-order valence-corrected chi connectivity index (χ4v) is 3.95. The Bertz CT molecular complexity index is 994. The van der Waals surface area contributed by atoms with E-state index in [2.05, 4.69) is 5.32 Å². The lowest BCUT2D eigenvalue weighted by Crippen LogP contribution is -2.45. The summed E-state index contributed by atoms with van der Waals surface area (Å²) in [5.74, 6) is -1.03. The van der Waals surface area contributed by atoms with Crippen LogP contribution in [-0.4, -0.2) is 60.9 Å². The van der Waals surface area contributed by atoms with Gasteiger partial charge in [0.05, 0.1) is 25.2 Å². The molecule has 10 heteroatoms. The first kappa shape index (κ1) is 24.2. The highest BCUT2D eigenvalue weighted by Crippen LogP contribution is 2.33. The Morgan fingerprint density at radius 2 is 2.00 bits per heavy atom. The van der Waals surface area contributed by atoms with Crippen molar-refractivity contribution in [2.45, 2.75) is 32.9 Å². The van der Waals surface area contributed by atoms with Crippen molar-refractivity contribution >= 4 is 40.7 Å². The number of amides is 3. The van der Waals surface area contributed by atoms with Gasteiger partial charge in [0.15, 0.2) is 12.7 Å². The molecule has 2 aromatic rings. The zero-order valence-corrected chi connectivity index (χ0v) is 19.4. The molecule has 1 atom stereocenters. The molecule has 0 bridgehead atoms. The smallest absolute Gasteiger partial charge is 0.308 e. The summed E-state index contributed by atoms with van der Waals surface area (Å²) in [6.07, 6.45) is -0.727. The third kappa shape index (κ3) is 6.55. The van der Waals surface area contributed by atoms with Crippen molar-refractivity contribution in [1.82, 2.24) is 10.2 Å². The lowest BCUT2D eigenvalue weighted by molar-refractivity contribution is -0.152. The Hall–Kier alpha value is -3.40. The van der Waals surface area contributed by atoms with Crippen molar-refractivity contribution in [2.24, 2.45) is 0 Å². The highest BCUT2D eigenvalue weighted by molar-refractivity contribution is 7.09. The lowest BCUT2D eigenvalue weighted by atomic mass is 10.2. The van der Waals surface area contributed by atoms with E-state index in [0.29, 0.717) is 24.5 Å². The number of rotatable bonds is 10. The van der Waals surface area contributed by atoms with Crippen molar-refractivity contribution in [3.8, 4) is 5.75 Å². The van der Waals surface area contributed by atoms with Crippen LogP contribution in [0.4, 0.5) is 5.69 Å². The third-order valence-corrected chi connectivity index (χ3v) is 5.95. The van der Waals surface area contributed by atoms with Gasteiger partial charge in [-0.15, -0.1) is 11.3 Å². The summed E-state index contributed by atoms with van der Waals surface area (Å²) in [4.78, 5) is 53.1. The number of esters is 1. The number of benzene rings is 1. The molecule has 1 unspecified atom stereocenters. The molecular formula is C23H27N3O6S. The second-order valence-electron chi connectivity index (χ2n) is 7.39. The van der Waals surface area contributed by atoms with Gasteiger partial charge < -0.3 is 24.6 Å². The Morgan fingerprint density at radius 1 is 1.21 bits per heavy atom. The van der Waals surface area contributed by atoms with Crippen LogP contribution in [0, 0.1) is 0 Å². The van der Waals surface area contributed by atoms with Gasteiger partial charge in [0.2, 0.25) is 5.91 Å². The molecule has 0 saturated heterocycles. The van der Waals surface area contributed by atoms with Gasteiger partial charge in [-0.1, -0.05) is 18.2 Å². The lowest BCUT2D eigenvalue weighted by Gasteiger charge is -2.32. The van der Waals surface area contributed by atoms with Gasteiger partial charge in [-0.05, 0) is 37.4 Å². The molecule has 1 aromatic carbocycles. The van der Waals surface area contributed by atoms with Crippen molar-refractivity contribution < 1.29 is 28.7 Å². The largest absolute Gasteiger partial charge is 0.479 e. The summed E-state index contributed by atoms with van der Waals surface area (Å²) in [7, 11) is 0. The maximum absolute atomic E-state index is 12.5. The summed E-state index contributed by atoms with van der Waals surface area (Å²) < 4.78 is 10.7. The van der Waals surface area contributed by atoms with Crippen LogP contribution in [0.5, 0.6) is 5.75 Å². The topological polar surface area (TPSA) is 105 Å². The normalized spacial score (nSPS) is 14.8. The van der Waals surface area contributed by atoms with Gasteiger partial charge in [-0.3, -0.25) is 19.2 Å². The molecule has 1 aliphatic rings. The van der Waals surface area contributed by atoms with Gasteiger partial charge in [0.25, 0.3) is 11.8 Å². The second kappa shape index (κ2) is 11.5. The average Bonchev–Trinajstić information content (AvgIpc) is 3.33. The fourth-order valence-electron chi connectivity index (χ4n) is 3.30. The zero-order valence-electron chi connectivity index (χ0n) is 18.6. The average molecular weight is 474 g/mol. The van der Waals surface area contributed by atoms with Crippen LogP contribution in [0.2, 0.25) is 0 Å². The molecule has 33 heavy (non-hydrogen) atoms. The van der Waals surface area contributed by atoms with E-state index in [1.165, 1.54) is 21.1 Å². The molecule has 1 N–H and O–H groups in total. The maximum atomic E-state index is 12.5. The summed E-state index contributed by atoms with van der Waals surface area (Å²) in [6, 6.07) is 10.9. The number of ether oxygens (including phenoxy) is 2. The number of hydrogen-bond donors (Lipinski definition) is 1. The standard InChI is InChI=1S/C23H27N3O6S/c1-3-25(14-20(27)24-13-17-7-6-12-33-17)21(28)15-31-22(29)10-11-26-18-8-4-5-9-19(18)32-16(2)23(26)30/h4-9,12,16H,3,10-11,13-15H2,1-2H3,(H,24,27). The monoisotopic (exact) mass is 473 g/mol. The number of carbonyl (C=O) groups excluding carboxylic acids is 4. The van der Waals surface area contributed by atoms with Gasteiger partial charge in [-0.2, -0.15) is 0 Å². The van der Waals surface area contributed by atoms with Crippen LogP contribution in [0.3, 0.4) is 0 Å².